The molecule has 1 fully saturated rings. The molecule has 1 aliphatic heterocycles. The molecule has 0 unspecified atom stereocenters. The summed E-state index contributed by atoms with van der Waals surface area (Å²) in [4.78, 5) is 17.3. The Balaban J connectivity index is 1.40. The molecule has 9 nitrogen and oxygen atoms in total. The van der Waals surface area contributed by atoms with E-state index in [1.165, 1.54) is 30.6 Å². The Morgan fingerprint density at radius 3 is 1.96 bits per heavy atom. The quantitative estimate of drug-likeness (QED) is 0.0570. The number of ketones is 1. The number of unbranched alkanes of at least 4 members (excludes halogenated alkanes) is 2. The van der Waals surface area contributed by atoms with Crippen molar-refractivity contribution in [2.24, 2.45) is 0 Å². The Kier molecular flexibility index (Phi) is 12.8. The van der Waals surface area contributed by atoms with Crippen LogP contribution < -0.4 is 13.1 Å². The third kappa shape index (κ3) is 10.3. The number of hydrogen-bond acceptors (Lipinski definition) is 10. The molecule has 49 heavy (non-hydrogen) atoms. The number of fused-ring (bicyclic) bond motifs is 1. The summed E-state index contributed by atoms with van der Waals surface area (Å²) < 4.78 is 67.1. The van der Waals surface area contributed by atoms with Crippen LogP contribution in [0.2, 0.25) is 0 Å². The van der Waals surface area contributed by atoms with Gasteiger partial charge in [0.1, 0.15) is 17.2 Å². The van der Waals surface area contributed by atoms with E-state index in [4.69, 9.17) is 13.1 Å². The molecule has 0 atom stereocenters. The van der Waals surface area contributed by atoms with Crippen LogP contribution >= 0.6 is 11.3 Å². The maximum atomic E-state index is 14.2. The van der Waals surface area contributed by atoms with E-state index in [9.17, 15) is 21.6 Å². The molecule has 4 aromatic rings. The molecule has 0 aliphatic carbocycles. The average molecular weight is 728 g/mol. The number of piperidine rings is 1. The largest absolute Gasteiger partial charge is 0.494 e. The minimum atomic E-state index is -3.76. The van der Waals surface area contributed by atoms with E-state index in [0.717, 1.165) is 38.9 Å². The van der Waals surface area contributed by atoms with Crippen molar-refractivity contribution in [2.75, 3.05) is 37.7 Å². The van der Waals surface area contributed by atoms with Gasteiger partial charge < -0.3 is 18.0 Å². The van der Waals surface area contributed by atoms with Gasteiger partial charge in [0.25, 0.3) is 0 Å². The molecule has 0 N–H and O–H groups in total. The van der Waals surface area contributed by atoms with E-state index >= 15 is 0 Å². The first-order valence-corrected chi connectivity index (χ1v) is 21.1. The smallest absolute Gasteiger partial charge is 0.309 e. The normalized spacial score (nSPS) is 14.2. The zero-order chi connectivity index (χ0) is 34.9. The number of benzene rings is 3. The first-order valence-electron chi connectivity index (χ1n) is 17.1. The van der Waals surface area contributed by atoms with E-state index < -0.39 is 20.2 Å². The van der Waals surface area contributed by atoms with E-state index in [1.54, 1.807) is 66.7 Å². The number of thiophene rings is 1. The number of likely N-dealkylation sites (tertiary alicyclic amines) is 1. The van der Waals surface area contributed by atoms with Crippen LogP contribution in [0.3, 0.4) is 0 Å². The van der Waals surface area contributed by atoms with Crippen LogP contribution in [0, 0.1) is 0 Å². The molecule has 1 aromatic heterocycles. The van der Waals surface area contributed by atoms with Crippen molar-refractivity contribution < 1.29 is 34.7 Å². The Bertz CT molecular complexity index is 1910. The second kappa shape index (κ2) is 17.0. The molecule has 12 heteroatoms. The lowest BCUT2D eigenvalue weighted by Gasteiger charge is -2.26. The van der Waals surface area contributed by atoms with Crippen molar-refractivity contribution in [1.82, 2.24) is 4.90 Å². The number of carbonyl (C=O) groups excluding carboxylic acids is 1. The van der Waals surface area contributed by atoms with Crippen molar-refractivity contribution in [1.29, 1.82) is 0 Å². The standard InChI is InChI=1S/C37H45NO8S3/c1-3-5-25-48(40,41)45-31-17-13-29(14-18-31)37-35(33-20-19-32(27-34(33)47-37)46-49(42,43)26-6-4-2)36(39)28-11-15-30(16-12-28)44-24-10-23-38-21-8-7-9-22-38/h11-20,27H,3-10,21-26H2,1-2H3. The van der Waals surface area contributed by atoms with Crippen LogP contribution in [0.5, 0.6) is 17.2 Å². The Hall–Kier alpha value is -3.45. The Morgan fingerprint density at radius 1 is 0.735 bits per heavy atom. The van der Waals surface area contributed by atoms with E-state index in [2.05, 4.69) is 4.90 Å². The topological polar surface area (TPSA) is 116 Å². The molecule has 0 radical (unpaired) electrons. The molecule has 264 valence electrons. The number of ether oxygens (including phenoxy) is 1. The van der Waals surface area contributed by atoms with Gasteiger partial charge in [-0.05, 0) is 117 Å². The third-order valence-corrected chi connectivity index (χ3v) is 12.1. The Labute approximate surface area is 294 Å². The zero-order valence-electron chi connectivity index (χ0n) is 28.2. The van der Waals surface area contributed by atoms with Gasteiger partial charge in [0.2, 0.25) is 0 Å². The van der Waals surface area contributed by atoms with E-state index in [0.29, 0.717) is 56.9 Å². The molecular formula is C37H45NO8S3. The van der Waals surface area contributed by atoms with Crippen LogP contribution in [-0.4, -0.2) is 65.3 Å². The van der Waals surface area contributed by atoms with Gasteiger partial charge in [0, 0.05) is 32.6 Å². The molecule has 2 heterocycles. The maximum Gasteiger partial charge on any atom is 0.309 e. The predicted octanol–water partition coefficient (Wildman–Crippen LogP) is 8.07. The molecule has 1 aliphatic rings. The lowest BCUT2D eigenvalue weighted by molar-refractivity contribution is 0.104. The molecule has 0 spiro atoms. The minimum absolute atomic E-state index is 0.0682. The van der Waals surface area contributed by atoms with Gasteiger partial charge in [0.05, 0.1) is 18.1 Å². The zero-order valence-corrected chi connectivity index (χ0v) is 30.6. The SMILES string of the molecule is CCCCS(=O)(=O)Oc1ccc(-c2sc3cc(OS(=O)(=O)CCCC)ccc3c2C(=O)c2ccc(OCCCN3CCCCC3)cc2)cc1. The highest BCUT2D eigenvalue weighted by Gasteiger charge is 2.23. The molecule has 0 saturated carbocycles. The number of hydrogen-bond donors (Lipinski definition) is 0. The summed E-state index contributed by atoms with van der Waals surface area (Å²) in [5.41, 5.74) is 1.63. The molecular weight excluding hydrogens is 683 g/mol. The summed E-state index contributed by atoms with van der Waals surface area (Å²) in [6.07, 6.45) is 7.22. The molecule has 5 rings (SSSR count). The van der Waals surface area contributed by atoms with Crippen LogP contribution in [0.4, 0.5) is 0 Å². The number of rotatable bonds is 18. The van der Waals surface area contributed by atoms with Gasteiger partial charge in [-0.25, -0.2) is 0 Å². The van der Waals surface area contributed by atoms with E-state index in [1.807, 2.05) is 13.8 Å². The van der Waals surface area contributed by atoms with Gasteiger partial charge >= 0.3 is 20.2 Å². The van der Waals surface area contributed by atoms with Crippen LogP contribution in [0.25, 0.3) is 20.5 Å². The van der Waals surface area contributed by atoms with Gasteiger partial charge in [-0.1, -0.05) is 33.1 Å². The predicted molar refractivity (Wildman–Crippen MR) is 196 cm³/mol. The molecule has 1 saturated heterocycles. The fourth-order valence-corrected chi connectivity index (χ4v) is 9.23. The first kappa shape index (κ1) is 36.8. The summed E-state index contributed by atoms with van der Waals surface area (Å²) in [6.45, 7) is 7.75. The Morgan fingerprint density at radius 2 is 1.33 bits per heavy atom. The summed E-state index contributed by atoms with van der Waals surface area (Å²) in [5.74, 6) is 0.709. The molecule has 0 amide bonds. The fourth-order valence-electron chi connectivity index (χ4n) is 5.75. The molecule has 0 bridgehead atoms. The third-order valence-electron chi connectivity index (χ3n) is 8.40. The lowest BCUT2D eigenvalue weighted by Crippen LogP contribution is -2.31. The second-order valence-electron chi connectivity index (χ2n) is 12.3. The van der Waals surface area contributed by atoms with Crippen molar-refractivity contribution in [2.45, 2.75) is 65.2 Å². The van der Waals surface area contributed by atoms with Crippen molar-refractivity contribution in [3.63, 3.8) is 0 Å². The fraction of sp³-hybridized carbons (Fsp3) is 0.432. The van der Waals surface area contributed by atoms with Gasteiger partial charge in [-0.15, -0.1) is 11.3 Å². The summed E-state index contributed by atoms with van der Waals surface area (Å²) in [6, 6.07) is 18.6. The van der Waals surface area contributed by atoms with Crippen molar-refractivity contribution in [3.8, 4) is 27.7 Å². The van der Waals surface area contributed by atoms with E-state index in [-0.39, 0.29) is 28.8 Å². The second-order valence-corrected chi connectivity index (χ2v) is 16.8. The van der Waals surface area contributed by atoms with Crippen molar-refractivity contribution in [3.05, 3.63) is 77.9 Å². The van der Waals surface area contributed by atoms with Gasteiger partial charge in [-0.2, -0.15) is 16.8 Å². The van der Waals surface area contributed by atoms with Crippen molar-refractivity contribution >= 4 is 47.4 Å². The van der Waals surface area contributed by atoms with Crippen LogP contribution in [-0.2, 0) is 20.2 Å². The highest BCUT2D eigenvalue weighted by atomic mass is 32.2. The highest BCUT2D eigenvalue weighted by molar-refractivity contribution is 7.87. The monoisotopic (exact) mass is 727 g/mol. The lowest BCUT2D eigenvalue weighted by atomic mass is 9.97. The maximum absolute atomic E-state index is 14.2. The van der Waals surface area contributed by atoms with Gasteiger partial charge in [-0.3, -0.25) is 4.79 Å². The van der Waals surface area contributed by atoms with Gasteiger partial charge in [0.15, 0.2) is 5.78 Å². The van der Waals surface area contributed by atoms with Crippen LogP contribution in [0.1, 0.15) is 81.1 Å². The highest BCUT2D eigenvalue weighted by Crippen LogP contribution is 2.42. The summed E-state index contributed by atoms with van der Waals surface area (Å²) in [7, 11) is -7.49. The first-order chi connectivity index (χ1) is 23.6. The number of nitrogens with zero attached hydrogens (tertiary/aromatic N) is 1. The minimum Gasteiger partial charge on any atom is -0.494 e. The summed E-state index contributed by atoms with van der Waals surface area (Å²) in [5, 5.41) is 0.656. The van der Waals surface area contributed by atoms with Crippen LogP contribution in [0.15, 0.2) is 66.7 Å². The average Bonchev–Trinajstić information content (AvgIpc) is 3.47. The molecule has 3 aromatic carbocycles. The summed E-state index contributed by atoms with van der Waals surface area (Å²) >= 11 is 1.33. The number of carbonyl (C=O) groups is 1.